The zero-order valence-corrected chi connectivity index (χ0v) is 35.8. The van der Waals surface area contributed by atoms with Gasteiger partial charge in [0.05, 0.1) is 38.2 Å². The van der Waals surface area contributed by atoms with Gasteiger partial charge in [0, 0.05) is 54.8 Å². The normalized spacial score (nSPS) is 15.6. The van der Waals surface area contributed by atoms with Crippen molar-refractivity contribution in [2.24, 2.45) is 0 Å². The molecule has 0 unspecified atom stereocenters. The summed E-state index contributed by atoms with van der Waals surface area (Å²) in [5.41, 5.74) is -2.78. The van der Waals surface area contributed by atoms with Gasteiger partial charge in [0.25, 0.3) is 0 Å². The first kappa shape index (κ1) is 46.1. The molecule has 2 aliphatic rings. The SMILES string of the molecule is O=C(c1cnc(NC2CCN(C(=O)O)CC2)s1)c1ccccc1C(F)(F)F.O=C(c1cnc(NC2CCN(S(=O)(=O)c3cccc4ccccc34)CC2)s1)c1ccccc1C(F)(F)F. The summed E-state index contributed by atoms with van der Waals surface area (Å²) >= 11 is 1.97. The Morgan fingerprint density at radius 3 is 1.55 bits per heavy atom. The predicted molar refractivity (Wildman–Crippen MR) is 230 cm³/mol. The molecule has 4 heterocycles. The minimum absolute atomic E-state index is 0.00263. The highest BCUT2D eigenvalue weighted by molar-refractivity contribution is 7.89. The minimum atomic E-state index is -4.64. The third kappa shape index (κ3) is 10.5. The molecule has 3 N–H and O–H groups in total. The van der Waals surface area contributed by atoms with Crippen LogP contribution in [-0.2, 0) is 22.4 Å². The van der Waals surface area contributed by atoms with Gasteiger partial charge in [-0.3, -0.25) is 9.59 Å². The van der Waals surface area contributed by atoms with Gasteiger partial charge in [-0.15, -0.1) is 0 Å². The van der Waals surface area contributed by atoms with E-state index in [2.05, 4.69) is 20.6 Å². The molecule has 0 radical (unpaired) electrons. The number of hydrogen-bond acceptors (Lipinski definition) is 11. The van der Waals surface area contributed by atoms with Crippen LogP contribution in [0, 0.1) is 0 Å². The number of amides is 1. The molecule has 4 aromatic carbocycles. The van der Waals surface area contributed by atoms with Crippen molar-refractivity contribution in [3.63, 3.8) is 0 Å². The van der Waals surface area contributed by atoms with Gasteiger partial charge >= 0.3 is 18.4 Å². The lowest BCUT2D eigenvalue weighted by molar-refractivity contribution is -0.138. The van der Waals surface area contributed by atoms with Crippen LogP contribution in [0.1, 0.15) is 67.3 Å². The van der Waals surface area contributed by atoms with Gasteiger partial charge in [-0.25, -0.2) is 23.2 Å². The molecular weight excluding hydrogens is 907 g/mol. The highest BCUT2D eigenvalue weighted by Gasteiger charge is 2.37. The highest BCUT2D eigenvalue weighted by Crippen LogP contribution is 2.36. The highest BCUT2D eigenvalue weighted by atomic mass is 32.2. The number of rotatable bonds is 10. The lowest BCUT2D eigenvalue weighted by atomic mass is 10.0. The zero-order valence-electron chi connectivity index (χ0n) is 33.4. The second kappa shape index (κ2) is 19.1. The molecule has 21 heteroatoms. The monoisotopic (exact) mass is 944 g/mol. The molecule has 0 bridgehead atoms. The number of fused-ring (bicyclic) bond motifs is 1. The molecule has 2 aromatic heterocycles. The van der Waals surface area contributed by atoms with Crippen molar-refractivity contribution in [2.75, 3.05) is 36.8 Å². The number of piperidine rings is 2. The summed E-state index contributed by atoms with van der Waals surface area (Å²) in [6.45, 7) is 1.39. The van der Waals surface area contributed by atoms with Crippen molar-refractivity contribution < 1.29 is 54.3 Å². The molecule has 2 aliphatic heterocycles. The number of alkyl halides is 6. The molecule has 64 heavy (non-hydrogen) atoms. The Morgan fingerprint density at radius 2 is 1.06 bits per heavy atom. The summed E-state index contributed by atoms with van der Waals surface area (Å²) in [5, 5.41) is 17.6. The second-order valence-corrected chi connectivity index (χ2v) is 18.8. The molecule has 0 aliphatic carbocycles. The van der Waals surface area contributed by atoms with Crippen molar-refractivity contribution in [3.8, 4) is 0 Å². The number of aromatic nitrogens is 2. The predicted octanol–water partition coefficient (Wildman–Crippen LogP) is 9.76. The number of anilines is 2. The maximum absolute atomic E-state index is 13.4. The van der Waals surface area contributed by atoms with Gasteiger partial charge in [0.2, 0.25) is 21.6 Å². The molecule has 0 spiro atoms. The molecule has 1 amide bonds. The average Bonchev–Trinajstić information content (AvgIpc) is 3.96. The summed E-state index contributed by atoms with van der Waals surface area (Å²) in [7, 11) is -3.68. The van der Waals surface area contributed by atoms with E-state index in [4.69, 9.17) is 5.11 Å². The second-order valence-electron chi connectivity index (χ2n) is 14.8. The number of carbonyl (C=O) groups is 3. The van der Waals surface area contributed by atoms with Crippen LogP contribution in [0.3, 0.4) is 0 Å². The number of ketones is 2. The zero-order chi connectivity index (χ0) is 45.8. The Morgan fingerprint density at radius 1 is 0.625 bits per heavy atom. The number of likely N-dealkylation sites (tertiary alicyclic amines) is 1. The van der Waals surface area contributed by atoms with Crippen LogP contribution in [0.15, 0.2) is 108 Å². The van der Waals surface area contributed by atoms with Gasteiger partial charge in [0.1, 0.15) is 0 Å². The van der Waals surface area contributed by atoms with E-state index in [1.54, 1.807) is 18.2 Å². The molecule has 336 valence electrons. The first-order chi connectivity index (χ1) is 30.4. The molecule has 6 aromatic rings. The molecule has 8 rings (SSSR count). The molecule has 2 fully saturated rings. The van der Waals surface area contributed by atoms with E-state index >= 15 is 0 Å². The fraction of sp³-hybridized carbons (Fsp3) is 0.279. The van der Waals surface area contributed by atoms with E-state index in [0.717, 1.165) is 52.3 Å². The first-order valence-corrected chi connectivity index (χ1v) is 22.8. The van der Waals surface area contributed by atoms with Crippen molar-refractivity contribution in [1.82, 2.24) is 19.2 Å². The van der Waals surface area contributed by atoms with Crippen molar-refractivity contribution in [1.29, 1.82) is 0 Å². The van der Waals surface area contributed by atoms with Crippen LogP contribution in [0.4, 0.5) is 41.4 Å². The molecule has 0 atom stereocenters. The van der Waals surface area contributed by atoms with Crippen molar-refractivity contribution in [2.45, 2.75) is 55.0 Å². The Kier molecular flexibility index (Phi) is 13.7. The number of benzene rings is 4. The Hall–Kier alpha value is -5.90. The Labute approximate surface area is 370 Å². The maximum Gasteiger partial charge on any atom is 0.417 e. The van der Waals surface area contributed by atoms with Crippen LogP contribution in [-0.4, -0.2) is 88.6 Å². The van der Waals surface area contributed by atoms with Crippen molar-refractivity contribution in [3.05, 3.63) is 135 Å². The quantitative estimate of drug-likeness (QED) is 0.0891. The largest absolute Gasteiger partial charge is 0.465 e. The number of hydrogen-bond donors (Lipinski definition) is 3. The first-order valence-electron chi connectivity index (χ1n) is 19.7. The third-order valence-corrected chi connectivity index (χ3v) is 14.5. The number of nitrogens with one attached hydrogen (secondary N) is 2. The van der Waals surface area contributed by atoms with Crippen LogP contribution in [0.2, 0.25) is 0 Å². The van der Waals surface area contributed by atoms with Gasteiger partial charge in [0.15, 0.2) is 10.3 Å². The summed E-state index contributed by atoms with van der Waals surface area (Å²) in [5.74, 6) is -1.47. The van der Waals surface area contributed by atoms with Crippen molar-refractivity contribution >= 4 is 71.4 Å². The van der Waals surface area contributed by atoms with E-state index in [1.165, 1.54) is 45.9 Å². The van der Waals surface area contributed by atoms with E-state index in [1.807, 2.05) is 24.3 Å². The number of thiazole rings is 2. The number of sulfonamides is 1. The standard InChI is InChI=1S/C26H22F3N3O3S2.C17H16F3N3O3S/c27-26(28,29)21-10-4-3-9-20(21)24(33)22-16-30-25(36-22)31-18-12-14-32(15-13-18)37(34,35)23-11-5-7-17-6-1-2-8-19(17)23;18-17(19,20)12-4-2-1-3-11(12)14(24)13-9-21-15(27-13)22-10-5-7-23(8-6-10)16(25)26/h1-11,16,18H,12-15H2,(H,30,31);1-4,9-10H,5-8H2,(H,21,22)(H,25,26). The molecule has 0 saturated carbocycles. The summed E-state index contributed by atoms with van der Waals surface area (Å²) < 4.78 is 107. The Bertz CT molecular complexity index is 2760. The van der Waals surface area contributed by atoms with Gasteiger partial charge in [-0.05, 0) is 49.3 Å². The van der Waals surface area contributed by atoms with E-state index in [0.29, 0.717) is 67.5 Å². The molecule has 12 nitrogen and oxygen atoms in total. The number of nitrogens with zero attached hydrogens (tertiary/aromatic N) is 4. The topological polar surface area (TPSA) is 162 Å². The van der Waals surface area contributed by atoms with Gasteiger partial charge in [-0.1, -0.05) is 95.5 Å². The Balaban J connectivity index is 0.000000201. The number of carboxylic acid groups (broad SMARTS) is 1. The summed E-state index contributed by atoms with van der Waals surface area (Å²) in [4.78, 5) is 46.2. The van der Waals surface area contributed by atoms with E-state index < -0.39 is 62.3 Å². The molecular formula is C43H38F6N6O6S3. The fourth-order valence-electron chi connectivity index (χ4n) is 7.38. The van der Waals surface area contributed by atoms with Crippen LogP contribution in [0.5, 0.6) is 0 Å². The van der Waals surface area contributed by atoms with Crippen LogP contribution < -0.4 is 10.6 Å². The minimum Gasteiger partial charge on any atom is -0.465 e. The number of carbonyl (C=O) groups excluding carboxylic acids is 2. The van der Waals surface area contributed by atoms with E-state index in [9.17, 15) is 49.1 Å². The summed E-state index contributed by atoms with van der Waals surface area (Å²) in [6.07, 6.45) is -5.48. The average molecular weight is 945 g/mol. The maximum atomic E-state index is 13.4. The van der Waals surface area contributed by atoms with Gasteiger partial charge in [-0.2, -0.15) is 30.6 Å². The van der Waals surface area contributed by atoms with Crippen LogP contribution >= 0.6 is 22.7 Å². The molecule has 2 saturated heterocycles. The lowest BCUT2D eigenvalue weighted by Crippen LogP contribution is -2.42. The summed E-state index contributed by atoms with van der Waals surface area (Å²) in [6, 6.07) is 21.8. The van der Waals surface area contributed by atoms with Crippen LogP contribution in [0.25, 0.3) is 10.8 Å². The van der Waals surface area contributed by atoms with E-state index in [-0.39, 0.29) is 26.7 Å². The lowest BCUT2D eigenvalue weighted by Gasteiger charge is -2.31. The fourth-order valence-corrected chi connectivity index (χ4v) is 10.8. The van der Waals surface area contributed by atoms with Gasteiger partial charge < -0.3 is 20.6 Å². The number of halogens is 6. The third-order valence-electron chi connectivity index (χ3n) is 10.7. The smallest absolute Gasteiger partial charge is 0.417 e.